The summed E-state index contributed by atoms with van der Waals surface area (Å²) >= 11 is 1.77. The molecule has 1 aliphatic rings. The van der Waals surface area contributed by atoms with E-state index in [1.807, 2.05) is 0 Å². The van der Waals surface area contributed by atoms with Crippen molar-refractivity contribution < 1.29 is 0 Å². The zero-order valence-electron chi connectivity index (χ0n) is 9.71. The lowest BCUT2D eigenvalue weighted by molar-refractivity contribution is 0.264. The standard InChI is InChI=1S/C11H19N3S/c1-8-9(2)15-11(12-8)13-10-4-6-14(3)7-5-10/h10H,4-7H2,1-3H3,(H,12,13). The monoisotopic (exact) mass is 225 g/mol. The first kappa shape index (κ1) is 10.9. The number of nitrogens with one attached hydrogen (secondary N) is 1. The molecule has 0 saturated carbocycles. The summed E-state index contributed by atoms with van der Waals surface area (Å²) in [6.45, 7) is 6.60. The van der Waals surface area contributed by atoms with Crippen LogP contribution in [0.3, 0.4) is 0 Å². The molecule has 0 radical (unpaired) electrons. The lowest BCUT2D eigenvalue weighted by Crippen LogP contribution is -2.36. The van der Waals surface area contributed by atoms with Gasteiger partial charge in [0.25, 0.3) is 0 Å². The average molecular weight is 225 g/mol. The van der Waals surface area contributed by atoms with E-state index in [4.69, 9.17) is 0 Å². The normalized spacial score (nSPS) is 19.4. The zero-order valence-corrected chi connectivity index (χ0v) is 10.5. The molecular weight excluding hydrogens is 206 g/mol. The quantitative estimate of drug-likeness (QED) is 0.837. The van der Waals surface area contributed by atoms with E-state index in [-0.39, 0.29) is 0 Å². The molecule has 1 aromatic rings. The number of piperidine rings is 1. The summed E-state index contributed by atoms with van der Waals surface area (Å²) in [5.41, 5.74) is 1.16. The van der Waals surface area contributed by atoms with Crippen LogP contribution in [0.4, 0.5) is 5.13 Å². The zero-order chi connectivity index (χ0) is 10.8. The summed E-state index contributed by atoms with van der Waals surface area (Å²) in [7, 11) is 2.19. The molecular formula is C11H19N3S. The molecule has 1 fully saturated rings. The molecule has 1 aromatic heterocycles. The highest BCUT2D eigenvalue weighted by Gasteiger charge is 2.17. The molecule has 2 heterocycles. The molecule has 2 rings (SSSR count). The molecule has 1 N–H and O–H groups in total. The average Bonchev–Trinajstić information content (AvgIpc) is 2.50. The maximum atomic E-state index is 4.52. The number of hydrogen-bond acceptors (Lipinski definition) is 4. The van der Waals surface area contributed by atoms with Crippen LogP contribution in [0.5, 0.6) is 0 Å². The highest BCUT2D eigenvalue weighted by molar-refractivity contribution is 7.15. The fourth-order valence-electron chi connectivity index (χ4n) is 1.86. The van der Waals surface area contributed by atoms with E-state index in [1.165, 1.54) is 30.8 Å². The number of anilines is 1. The maximum absolute atomic E-state index is 4.52. The second-order valence-corrected chi connectivity index (χ2v) is 5.59. The molecule has 4 heteroatoms. The summed E-state index contributed by atoms with van der Waals surface area (Å²) in [5, 5.41) is 4.64. The Kier molecular flexibility index (Phi) is 3.26. The van der Waals surface area contributed by atoms with Crippen molar-refractivity contribution in [3.63, 3.8) is 0 Å². The second-order valence-electron chi connectivity index (χ2n) is 4.38. The van der Waals surface area contributed by atoms with Gasteiger partial charge in [-0.2, -0.15) is 0 Å². The fraction of sp³-hybridized carbons (Fsp3) is 0.727. The van der Waals surface area contributed by atoms with Crippen LogP contribution in [0, 0.1) is 13.8 Å². The van der Waals surface area contributed by atoms with Gasteiger partial charge in [0, 0.05) is 10.9 Å². The van der Waals surface area contributed by atoms with Gasteiger partial charge in [-0.3, -0.25) is 0 Å². The Morgan fingerprint density at radius 2 is 2.00 bits per heavy atom. The predicted octanol–water partition coefficient (Wildman–Crippen LogP) is 2.27. The first-order valence-electron chi connectivity index (χ1n) is 5.54. The Morgan fingerprint density at radius 3 is 2.53 bits per heavy atom. The van der Waals surface area contributed by atoms with Crippen LogP contribution < -0.4 is 5.32 Å². The summed E-state index contributed by atoms with van der Waals surface area (Å²) in [4.78, 5) is 8.23. The van der Waals surface area contributed by atoms with Crippen LogP contribution in [0.1, 0.15) is 23.4 Å². The SMILES string of the molecule is Cc1nc(NC2CCN(C)CC2)sc1C. The molecule has 15 heavy (non-hydrogen) atoms. The minimum Gasteiger partial charge on any atom is -0.359 e. The van der Waals surface area contributed by atoms with E-state index in [0.717, 1.165) is 10.8 Å². The van der Waals surface area contributed by atoms with Gasteiger partial charge < -0.3 is 10.2 Å². The molecule has 0 atom stereocenters. The number of thiazole rings is 1. The van der Waals surface area contributed by atoms with Crippen LogP contribution in [0.15, 0.2) is 0 Å². The van der Waals surface area contributed by atoms with Crippen molar-refractivity contribution in [2.45, 2.75) is 32.7 Å². The lowest BCUT2D eigenvalue weighted by Gasteiger charge is -2.29. The van der Waals surface area contributed by atoms with Crippen molar-refractivity contribution in [2.75, 3.05) is 25.5 Å². The van der Waals surface area contributed by atoms with Gasteiger partial charge in [0.2, 0.25) is 0 Å². The predicted molar refractivity (Wildman–Crippen MR) is 65.7 cm³/mol. The third-order valence-electron chi connectivity index (χ3n) is 3.07. The molecule has 84 valence electrons. The first-order valence-corrected chi connectivity index (χ1v) is 6.36. The number of nitrogens with zero attached hydrogens (tertiary/aromatic N) is 2. The fourth-order valence-corrected chi connectivity index (χ4v) is 2.75. The smallest absolute Gasteiger partial charge is 0.183 e. The van der Waals surface area contributed by atoms with Crippen LogP contribution >= 0.6 is 11.3 Å². The minimum atomic E-state index is 0.617. The molecule has 1 saturated heterocycles. The highest BCUT2D eigenvalue weighted by atomic mass is 32.1. The third kappa shape index (κ3) is 2.69. The van der Waals surface area contributed by atoms with Crippen molar-refractivity contribution >= 4 is 16.5 Å². The van der Waals surface area contributed by atoms with Crippen LogP contribution in [0.25, 0.3) is 0 Å². The number of likely N-dealkylation sites (tertiary alicyclic amines) is 1. The van der Waals surface area contributed by atoms with Crippen LogP contribution in [0.2, 0.25) is 0 Å². The second kappa shape index (κ2) is 4.49. The summed E-state index contributed by atoms with van der Waals surface area (Å²) in [6, 6.07) is 0.617. The number of aromatic nitrogens is 1. The van der Waals surface area contributed by atoms with E-state index in [9.17, 15) is 0 Å². The number of aryl methyl sites for hydroxylation is 2. The van der Waals surface area contributed by atoms with E-state index in [2.05, 4.69) is 36.1 Å². The number of hydrogen-bond donors (Lipinski definition) is 1. The maximum Gasteiger partial charge on any atom is 0.183 e. The van der Waals surface area contributed by atoms with E-state index in [1.54, 1.807) is 11.3 Å². The first-order chi connectivity index (χ1) is 7.15. The van der Waals surface area contributed by atoms with Gasteiger partial charge in [0.15, 0.2) is 5.13 Å². The van der Waals surface area contributed by atoms with Gasteiger partial charge in [0.05, 0.1) is 5.69 Å². The Hall–Kier alpha value is -0.610. The minimum absolute atomic E-state index is 0.617. The van der Waals surface area contributed by atoms with Crippen molar-refractivity contribution in [2.24, 2.45) is 0 Å². The molecule has 0 aliphatic carbocycles. The lowest BCUT2D eigenvalue weighted by atomic mass is 10.1. The van der Waals surface area contributed by atoms with Crippen LogP contribution in [-0.2, 0) is 0 Å². The van der Waals surface area contributed by atoms with Gasteiger partial charge in [-0.1, -0.05) is 0 Å². The van der Waals surface area contributed by atoms with Gasteiger partial charge in [-0.25, -0.2) is 4.98 Å². The van der Waals surface area contributed by atoms with E-state index < -0.39 is 0 Å². The summed E-state index contributed by atoms with van der Waals surface area (Å²) in [6.07, 6.45) is 2.46. The Balaban J connectivity index is 1.91. The van der Waals surface area contributed by atoms with Crippen molar-refractivity contribution in [3.8, 4) is 0 Å². The Labute approximate surface area is 95.5 Å². The number of rotatable bonds is 2. The Bertz CT molecular complexity index is 307. The molecule has 3 nitrogen and oxygen atoms in total. The van der Waals surface area contributed by atoms with Crippen molar-refractivity contribution in [1.82, 2.24) is 9.88 Å². The van der Waals surface area contributed by atoms with E-state index in [0.29, 0.717) is 6.04 Å². The molecule has 0 amide bonds. The van der Waals surface area contributed by atoms with Crippen LogP contribution in [-0.4, -0.2) is 36.1 Å². The van der Waals surface area contributed by atoms with Gasteiger partial charge in [-0.05, 0) is 46.8 Å². The molecule has 0 bridgehead atoms. The molecule has 0 unspecified atom stereocenters. The van der Waals surface area contributed by atoms with Crippen molar-refractivity contribution in [1.29, 1.82) is 0 Å². The topological polar surface area (TPSA) is 28.2 Å². The Morgan fingerprint density at radius 1 is 1.33 bits per heavy atom. The highest BCUT2D eigenvalue weighted by Crippen LogP contribution is 2.23. The largest absolute Gasteiger partial charge is 0.359 e. The van der Waals surface area contributed by atoms with Gasteiger partial charge in [0.1, 0.15) is 0 Å². The van der Waals surface area contributed by atoms with Gasteiger partial charge in [-0.15, -0.1) is 11.3 Å². The van der Waals surface area contributed by atoms with E-state index >= 15 is 0 Å². The summed E-state index contributed by atoms with van der Waals surface area (Å²) in [5.74, 6) is 0. The third-order valence-corrected chi connectivity index (χ3v) is 4.08. The molecule has 0 aromatic carbocycles. The van der Waals surface area contributed by atoms with Gasteiger partial charge >= 0.3 is 0 Å². The van der Waals surface area contributed by atoms with Crippen molar-refractivity contribution in [3.05, 3.63) is 10.6 Å². The summed E-state index contributed by atoms with van der Waals surface area (Å²) < 4.78 is 0. The molecule has 1 aliphatic heterocycles. The molecule has 0 spiro atoms.